The van der Waals surface area contributed by atoms with Gasteiger partial charge >= 0.3 is 0 Å². The number of anilines is 1. The van der Waals surface area contributed by atoms with E-state index < -0.39 is 0 Å². The minimum absolute atomic E-state index is 0.906. The number of hydrogen-bond acceptors (Lipinski definition) is 4. The monoisotopic (exact) mass is 278 g/mol. The largest absolute Gasteiger partial charge is 0.370 e. The van der Waals surface area contributed by atoms with Crippen LogP contribution in [-0.4, -0.2) is 21.5 Å². The van der Waals surface area contributed by atoms with Gasteiger partial charge in [0.15, 0.2) is 0 Å². The number of pyridine rings is 1. The molecular formula is C17H18N4. The Balaban J connectivity index is 2.05. The predicted molar refractivity (Wildman–Crippen MR) is 86.3 cm³/mol. The Labute approximate surface area is 124 Å². The van der Waals surface area contributed by atoms with Gasteiger partial charge in [-0.05, 0) is 25.5 Å². The molecular weight excluding hydrogens is 260 g/mol. The van der Waals surface area contributed by atoms with Crippen LogP contribution in [0.25, 0.3) is 22.2 Å². The summed E-state index contributed by atoms with van der Waals surface area (Å²) >= 11 is 0. The van der Waals surface area contributed by atoms with E-state index in [2.05, 4.69) is 58.4 Å². The number of benzene rings is 1. The summed E-state index contributed by atoms with van der Waals surface area (Å²) in [6, 6.07) is 10.3. The second-order valence-electron chi connectivity index (χ2n) is 5.03. The minimum Gasteiger partial charge on any atom is -0.370 e. The van der Waals surface area contributed by atoms with Crippen LogP contribution in [0.15, 0.2) is 42.9 Å². The van der Waals surface area contributed by atoms with Crippen molar-refractivity contribution < 1.29 is 0 Å². The molecule has 0 aliphatic heterocycles. The molecule has 21 heavy (non-hydrogen) atoms. The highest BCUT2D eigenvalue weighted by Gasteiger charge is 2.09. The summed E-state index contributed by atoms with van der Waals surface area (Å²) in [5, 5.41) is 4.48. The van der Waals surface area contributed by atoms with Gasteiger partial charge in [-0.2, -0.15) is 0 Å². The number of hydrogen-bond donors (Lipinski definition) is 1. The smallest absolute Gasteiger partial charge is 0.132 e. The molecule has 0 spiro atoms. The average Bonchev–Trinajstić information content (AvgIpc) is 2.53. The summed E-state index contributed by atoms with van der Waals surface area (Å²) < 4.78 is 0. The highest BCUT2D eigenvalue weighted by Crippen LogP contribution is 2.27. The van der Waals surface area contributed by atoms with Gasteiger partial charge in [-0.25, -0.2) is 9.97 Å². The van der Waals surface area contributed by atoms with E-state index in [4.69, 9.17) is 0 Å². The molecule has 0 bridgehead atoms. The Morgan fingerprint density at radius 3 is 2.86 bits per heavy atom. The van der Waals surface area contributed by atoms with Crippen LogP contribution in [-0.2, 0) is 0 Å². The fourth-order valence-electron chi connectivity index (χ4n) is 2.38. The molecule has 0 radical (unpaired) electrons. The van der Waals surface area contributed by atoms with Crippen molar-refractivity contribution in [1.29, 1.82) is 0 Å². The van der Waals surface area contributed by atoms with Crippen LogP contribution in [0, 0.1) is 6.92 Å². The first-order valence-corrected chi connectivity index (χ1v) is 7.20. The molecule has 0 saturated carbocycles. The third kappa shape index (κ3) is 2.70. The van der Waals surface area contributed by atoms with E-state index in [1.807, 2.05) is 12.3 Å². The van der Waals surface area contributed by atoms with Crippen molar-refractivity contribution >= 4 is 16.7 Å². The number of nitrogens with one attached hydrogen (secondary N) is 1. The van der Waals surface area contributed by atoms with Gasteiger partial charge in [0.2, 0.25) is 0 Å². The Kier molecular flexibility index (Phi) is 3.77. The first-order chi connectivity index (χ1) is 10.3. The lowest BCUT2D eigenvalue weighted by molar-refractivity contribution is 0.960. The average molecular weight is 278 g/mol. The Hall–Kier alpha value is -2.49. The van der Waals surface area contributed by atoms with Gasteiger partial charge in [0.1, 0.15) is 12.1 Å². The van der Waals surface area contributed by atoms with Crippen LogP contribution in [0.4, 0.5) is 5.82 Å². The van der Waals surface area contributed by atoms with Gasteiger partial charge in [0.05, 0.1) is 11.2 Å². The van der Waals surface area contributed by atoms with Crippen molar-refractivity contribution in [3.8, 4) is 11.3 Å². The Bertz CT molecular complexity index is 768. The van der Waals surface area contributed by atoms with E-state index in [9.17, 15) is 0 Å². The summed E-state index contributed by atoms with van der Waals surface area (Å²) in [7, 11) is 0. The molecule has 2 aromatic heterocycles. The molecule has 106 valence electrons. The van der Waals surface area contributed by atoms with Crippen molar-refractivity contribution in [3.05, 3.63) is 48.4 Å². The molecule has 3 aromatic rings. The summed E-state index contributed by atoms with van der Waals surface area (Å²) in [4.78, 5) is 13.2. The second-order valence-corrected chi connectivity index (χ2v) is 5.03. The Morgan fingerprint density at radius 2 is 2.00 bits per heavy atom. The lowest BCUT2D eigenvalue weighted by atomic mass is 10.0. The first-order valence-electron chi connectivity index (χ1n) is 7.20. The van der Waals surface area contributed by atoms with Crippen LogP contribution >= 0.6 is 0 Å². The molecule has 3 rings (SSSR count). The van der Waals surface area contributed by atoms with E-state index in [-0.39, 0.29) is 0 Å². The van der Waals surface area contributed by atoms with Crippen LogP contribution in [0.3, 0.4) is 0 Å². The van der Waals surface area contributed by atoms with Crippen molar-refractivity contribution in [2.75, 3.05) is 11.9 Å². The van der Waals surface area contributed by atoms with Gasteiger partial charge in [0, 0.05) is 29.3 Å². The van der Waals surface area contributed by atoms with Crippen LogP contribution in [0.2, 0.25) is 0 Å². The molecule has 0 fully saturated rings. The normalized spacial score (nSPS) is 10.8. The lowest BCUT2D eigenvalue weighted by Crippen LogP contribution is -2.05. The molecule has 0 amide bonds. The summed E-state index contributed by atoms with van der Waals surface area (Å²) in [5.41, 5.74) is 4.08. The number of rotatable bonds is 4. The van der Waals surface area contributed by atoms with Gasteiger partial charge < -0.3 is 5.32 Å². The molecule has 0 unspecified atom stereocenters. The molecule has 1 N–H and O–H groups in total. The maximum Gasteiger partial charge on any atom is 0.132 e. The molecule has 4 heteroatoms. The highest BCUT2D eigenvalue weighted by molar-refractivity contribution is 5.84. The molecule has 0 saturated heterocycles. The molecule has 4 nitrogen and oxygen atoms in total. The quantitative estimate of drug-likeness (QED) is 0.788. The maximum atomic E-state index is 4.45. The third-order valence-corrected chi connectivity index (χ3v) is 3.51. The highest BCUT2D eigenvalue weighted by atomic mass is 15.0. The standard InChI is InChI=1S/C17H18N4/c1-3-8-19-17-12(2)16(20-11-21-17)14-7-6-13-5-4-9-18-15(13)10-14/h4-7,9-11H,3,8H2,1-2H3,(H,19,20,21). The topological polar surface area (TPSA) is 50.7 Å². The maximum absolute atomic E-state index is 4.45. The van der Waals surface area contributed by atoms with Crippen molar-refractivity contribution in [2.24, 2.45) is 0 Å². The number of nitrogens with zero attached hydrogens (tertiary/aromatic N) is 3. The van der Waals surface area contributed by atoms with Gasteiger partial charge in [-0.1, -0.05) is 25.1 Å². The van der Waals surface area contributed by atoms with Crippen molar-refractivity contribution in [1.82, 2.24) is 15.0 Å². The van der Waals surface area contributed by atoms with Gasteiger partial charge in [-0.3, -0.25) is 4.98 Å². The fraction of sp³-hybridized carbons (Fsp3) is 0.235. The van der Waals surface area contributed by atoms with E-state index in [1.165, 1.54) is 0 Å². The Morgan fingerprint density at radius 1 is 1.10 bits per heavy atom. The van der Waals surface area contributed by atoms with Crippen LogP contribution in [0.5, 0.6) is 0 Å². The predicted octanol–water partition coefficient (Wildman–Crippen LogP) is 3.82. The summed E-state index contributed by atoms with van der Waals surface area (Å²) in [6.07, 6.45) is 4.49. The van der Waals surface area contributed by atoms with Crippen LogP contribution < -0.4 is 5.32 Å². The molecule has 0 aliphatic carbocycles. The van der Waals surface area contributed by atoms with E-state index in [0.717, 1.165) is 46.5 Å². The summed E-state index contributed by atoms with van der Waals surface area (Å²) in [6.45, 7) is 5.10. The van der Waals surface area contributed by atoms with Gasteiger partial charge in [-0.15, -0.1) is 0 Å². The number of aromatic nitrogens is 3. The fourth-order valence-corrected chi connectivity index (χ4v) is 2.38. The molecule has 1 aromatic carbocycles. The van der Waals surface area contributed by atoms with Crippen molar-refractivity contribution in [2.45, 2.75) is 20.3 Å². The van der Waals surface area contributed by atoms with Gasteiger partial charge in [0.25, 0.3) is 0 Å². The van der Waals surface area contributed by atoms with E-state index >= 15 is 0 Å². The second kappa shape index (κ2) is 5.87. The van der Waals surface area contributed by atoms with E-state index in [1.54, 1.807) is 6.33 Å². The van der Waals surface area contributed by atoms with Crippen molar-refractivity contribution in [3.63, 3.8) is 0 Å². The third-order valence-electron chi connectivity index (χ3n) is 3.51. The lowest BCUT2D eigenvalue weighted by Gasteiger charge is -2.11. The van der Waals surface area contributed by atoms with Crippen LogP contribution in [0.1, 0.15) is 18.9 Å². The minimum atomic E-state index is 0.906. The van der Waals surface area contributed by atoms with E-state index in [0.29, 0.717) is 0 Å². The zero-order valence-electron chi connectivity index (χ0n) is 12.3. The zero-order valence-corrected chi connectivity index (χ0v) is 12.3. The molecule has 0 atom stereocenters. The molecule has 2 heterocycles. The molecule has 0 aliphatic rings. The first kappa shape index (κ1) is 13.5. The summed E-state index contributed by atoms with van der Waals surface area (Å²) in [5.74, 6) is 0.906. The zero-order chi connectivity index (χ0) is 14.7. The SMILES string of the molecule is CCCNc1ncnc(-c2ccc3cccnc3c2)c1C. The number of fused-ring (bicyclic) bond motifs is 1.